The summed E-state index contributed by atoms with van der Waals surface area (Å²) in [4.78, 5) is 8.64. The number of benzene rings is 2. The van der Waals surface area contributed by atoms with Crippen LogP contribution >= 0.6 is 28.1 Å². The molecule has 0 bridgehead atoms. The van der Waals surface area contributed by atoms with Crippen molar-refractivity contribution in [1.82, 2.24) is 10.3 Å². The van der Waals surface area contributed by atoms with E-state index in [2.05, 4.69) is 26.2 Å². The van der Waals surface area contributed by atoms with Gasteiger partial charge >= 0.3 is 0 Å². The van der Waals surface area contributed by atoms with Gasteiger partial charge in [0, 0.05) is 36.1 Å². The molecular weight excluding hydrogens is 515 g/mol. The molecule has 1 aliphatic rings. The lowest BCUT2D eigenvalue weighted by Crippen LogP contribution is -2.29. The number of anilines is 2. The Balaban J connectivity index is 1.58. The number of aromatic nitrogens is 1. The molecule has 0 aliphatic carbocycles. The number of pyridine rings is 1. The Morgan fingerprint density at radius 2 is 1.85 bits per heavy atom. The third-order valence-electron chi connectivity index (χ3n) is 5.86. The van der Waals surface area contributed by atoms with Crippen molar-refractivity contribution in [2.75, 3.05) is 23.9 Å². The number of hydrogen-bond donors (Lipinski definition) is 1. The highest BCUT2D eigenvalue weighted by Gasteiger charge is 2.42. The molecule has 4 aromatic rings. The van der Waals surface area contributed by atoms with E-state index in [1.165, 1.54) is 6.07 Å². The Morgan fingerprint density at radius 3 is 2.53 bits per heavy atom. The minimum absolute atomic E-state index is 0.240. The van der Waals surface area contributed by atoms with E-state index in [-0.39, 0.29) is 17.9 Å². The summed E-state index contributed by atoms with van der Waals surface area (Å²) in [5, 5.41) is 3.99. The van der Waals surface area contributed by atoms with Crippen molar-refractivity contribution in [3.05, 3.63) is 101 Å². The van der Waals surface area contributed by atoms with Crippen LogP contribution in [0.3, 0.4) is 0 Å². The molecule has 2 aromatic heterocycles. The quantitative estimate of drug-likeness (QED) is 0.294. The fourth-order valence-electron chi connectivity index (χ4n) is 4.18. The number of rotatable bonds is 5. The zero-order valence-electron chi connectivity index (χ0n) is 18.6. The number of thiocarbonyl (C=S) groups is 1. The summed E-state index contributed by atoms with van der Waals surface area (Å²) >= 11 is 9.07. The normalized spacial score (nSPS) is 17.6. The molecular formula is C26H22BrFN4OS. The van der Waals surface area contributed by atoms with Gasteiger partial charge in [-0.1, -0.05) is 22.0 Å². The molecule has 34 heavy (non-hydrogen) atoms. The Morgan fingerprint density at radius 1 is 1.06 bits per heavy atom. The van der Waals surface area contributed by atoms with Crippen LogP contribution in [0.2, 0.25) is 0 Å². The van der Waals surface area contributed by atoms with Crippen molar-refractivity contribution in [3.8, 4) is 11.3 Å². The van der Waals surface area contributed by atoms with Gasteiger partial charge in [-0.3, -0.25) is 4.98 Å². The molecule has 172 valence electrons. The molecule has 0 unspecified atom stereocenters. The molecule has 0 radical (unpaired) electrons. The van der Waals surface area contributed by atoms with Crippen LogP contribution in [-0.4, -0.2) is 24.2 Å². The highest BCUT2D eigenvalue weighted by Crippen LogP contribution is 2.43. The minimum Gasteiger partial charge on any atom is -0.459 e. The van der Waals surface area contributed by atoms with Gasteiger partial charge in [0.15, 0.2) is 5.11 Å². The van der Waals surface area contributed by atoms with Crippen molar-refractivity contribution >= 4 is 44.6 Å². The largest absolute Gasteiger partial charge is 0.459 e. The summed E-state index contributed by atoms with van der Waals surface area (Å²) < 4.78 is 21.6. The van der Waals surface area contributed by atoms with E-state index >= 15 is 0 Å². The molecule has 5 rings (SSSR count). The lowest BCUT2D eigenvalue weighted by Gasteiger charge is -2.26. The van der Waals surface area contributed by atoms with Crippen molar-refractivity contribution in [2.24, 2.45) is 0 Å². The molecule has 0 saturated carbocycles. The van der Waals surface area contributed by atoms with E-state index < -0.39 is 0 Å². The maximum absolute atomic E-state index is 14.6. The minimum atomic E-state index is -0.354. The topological polar surface area (TPSA) is 44.5 Å². The van der Waals surface area contributed by atoms with Crippen LogP contribution in [-0.2, 0) is 0 Å². The maximum Gasteiger partial charge on any atom is 0.174 e. The average molecular weight is 537 g/mol. The van der Waals surface area contributed by atoms with Crippen LogP contribution < -0.4 is 15.1 Å². The summed E-state index contributed by atoms with van der Waals surface area (Å²) in [6.07, 6.45) is 1.76. The van der Waals surface area contributed by atoms with E-state index in [1.807, 2.05) is 72.4 Å². The van der Waals surface area contributed by atoms with Crippen LogP contribution in [0.5, 0.6) is 0 Å². The van der Waals surface area contributed by atoms with Gasteiger partial charge in [-0.2, -0.15) is 0 Å². The predicted octanol–water partition coefficient (Wildman–Crippen LogP) is 6.49. The number of furan rings is 1. The van der Waals surface area contributed by atoms with E-state index in [1.54, 1.807) is 24.4 Å². The van der Waals surface area contributed by atoms with Crippen molar-refractivity contribution in [1.29, 1.82) is 0 Å². The van der Waals surface area contributed by atoms with E-state index in [0.717, 1.165) is 17.1 Å². The van der Waals surface area contributed by atoms with E-state index in [9.17, 15) is 4.39 Å². The molecule has 0 amide bonds. The number of nitrogens with zero attached hydrogens (tertiary/aromatic N) is 3. The number of halogens is 2. The first kappa shape index (κ1) is 22.6. The fourth-order valence-corrected chi connectivity index (χ4v) is 4.86. The molecule has 8 heteroatoms. The summed E-state index contributed by atoms with van der Waals surface area (Å²) in [5.41, 5.74) is 3.26. The molecule has 1 aliphatic heterocycles. The first-order valence-corrected chi connectivity index (χ1v) is 12.0. The second kappa shape index (κ2) is 9.19. The second-order valence-electron chi connectivity index (χ2n) is 8.23. The third kappa shape index (κ3) is 4.19. The molecule has 1 fully saturated rings. The zero-order chi connectivity index (χ0) is 23.8. The zero-order valence-corrected chi connectivity index (χ0v) is 21.0. The van der Waals surface area contributed by atoms with Gasteiger partial charge in [0.25, 0.3) is 0 Å². The molecule has 2 atom stereocenters. The standard InChI is InChI=1S/C26H22BrFN4OS/c1-31(2)17-7-9-18(10-8-17)32-25(24(30-26(32)34)21-5-3-4-14-29-21)23-13-12-22(33-23)19-11-6-16(27)15-20(19)28/h3-15,24-25H,1-2H3,(H,30,34)/t24-,25-/m1/s1. The van der Waals surface area contributed by atoms with Crippen LogP contribution in [0, 0.1) is 5.82 Å². The highest BCUT2D eigenvalue weighted by atomic mass is 79.9. The SMILES string of the molecule is CN(C)c1ccc(N2C(=S)N[C@H](c3ccccn3)[C@H]2c2ccc(-c3ccc(Br)cc3F)o2)cc1. The van der Waals surface area contributed by atoms with Gasteiger partial charge in [-0.05, 0) is 78.9 Å². The Hall–Kier alpha value is -3.23. The van der Waals surface area contributed by atoms with Crippen LogP contribution in [0.15, 0.2) is 87.9 Å². The lowest BCUT2D eigenvalue weighted by atomic mass is 10.0. The van der Waals surface area contributed by atoms with Crippen LogP contribution in [0.4, 0.5) is 15.8 Å². The van der Waals surface area contributed by atoms with Gasteiger partial charge in [0.1, 0.15) is 23.4 Å². The molecule has 1 saturated heterocycles. The molecule has 5 nitrogen and oxygen atoms in total. The van der Waals surface area contributed by atoms with Gasteiger partial charge < -0.3 is 19.5 Å². The molecule has 2 aromatic carbocycles. The summed E-state index contributed by atoms with van der Waals surface area (Å²) in [6, 6.07) is 22.0. The number of hydrogen-bond acceptors (Lipinski definition) is 4. The van der Waals surface area contributed by atoms with Gasteiger partial charge in [-0.15, -0.1) is 0 Å². The Labute approximate surface area is 211 Å². The van der Waals surface area contributed by atoms with E-state index in [0.29, 0.717) is 26.7 Å². The van der Waals surface area contributed by atoms with E-state index in [4.69, 9.17) is 16.6 Å². The fraction of sp³-hybridized carbons (Fsp3) is 0.154. The summed E-state index contributed by atoms with van der Waals surface area (Å²) in [6.45, 7) is 0. The third-order valence-corrected chi connectivity index (χ3v) is 6.67. The highest BCUT2D eigenvalue weighted by molar-refractivity contribution is 9.10. The lowest BCUT2D eigenvalue weighted by molar-refractivity contribution is 0.438. The Bertz CT molecular complexity index is 1330. The summed E-state index contributed by atoms with van der Waals surface area (Å²) in [5.74, 6) is 0.769. The van der Waals surface area contributed by atoms with Crippen LogP contribution in [0.1, 0.15) is 23.5 Å². The van der Waals surface area contributed by atoms with Crippen molar-refractivity contribution in [3.63, 3.8) is 0 Å². The first-order valence-electron chi connectivity index (χ1n) is 10.8. The van der Waals surface area contributed by atoms with Crippen LogP contribution in [0.25, 0.3) is 11.3 Å². The van der Waals surface area contributed by atoms with Gasteiger partial charge in [-0.25, -0.2) is 4.39 Å². The average Bonchev–Trinajstić information content (AvgIpc) is 3.44. The molecule has 1 N–H and O–H groups in total. The smallest absolute Gasteiger partial charge is 0.174 e. The van der Waals surface area contributed by atoms with Crippen molar-refractivity contribution in [2.45, 2.75) is 12.1 Å². The molecule has 0 spiro atoms. The maximum atomic E-state index is 14.6. The number of nitrogens with one attached hydrogen (secondary N) is 1. The van der Waals surface area contributed by atoms with Gasteiger partial charge in [0.05, 0.1) is 17.3 Å². The van der Waals surface area contributed by atoms with Gasteiger partial charge in [0.2, 0.25) is 0 Å². The summed E-state index contributed by atoms with van der Waals surface area (Å²) in [7, 11) is 4.01. The first-order chi connectivity index (χ1) is 16.4. The second-order valence-corrected chi connectivity index (χ2v) is 9.54. The predicted molar refractivity (Wildman–Crippen MR) is 141 cm³/mol. The monoisotopic (exact) mass is 536 g/mol. The molecule has 3 heterocycles. The van der Waals surface area contributed by atoms with Crippen molar-refractivity contribution < 1.29 is 8.81 Å². The Kier molecular flexibility index (Phi) is 6.10.